The van der Waals surface area contributed by atoms with Crippen LogP contribution in [-0.4, -0.2) is 38.3 Å². The highest BCUT2D eigenvalue weighted by atomic mass is 16.5. The first-order valence-corrected chi connectivity index (χ1v) is 6.04. The van der Waals surface area contributed by atoms with Crippen LogP contribution in [0.15, 0.2) is 18.2 Å². The summed E-state index contributed by atoms with van der Waals surface area (Å²) in [4.78, 5) is 2.10. The van der Waals surface area contributed by atoms with Crippen molar-refractivity contribution >= 4 is 0 Å². The molecule has 0 bridgehead atoms. The maximum Gasteiger partial charge on any atom is 0.161 e. The number of hydrogen-bond acceptors (Lipinski definition) is 3. The predicted molar refractivity (Wildman–Crippen MR) is 71.0 cm³/mol. The summed E-state index contributed by atoms with van der Waals surface area (Å²) in [6, 6.07) is 6.03. The maximum atomic E-state index is 5.76. The molecule has 1 aromatic carbocycles. The van der Waals surface area contributed by atoms with E-state index in [-0.39, 0.29) is 6.10 Å². The number of aryl methyl sites for hydroxylation is 1. The summed E-state index contributed by atoms with van der Waals surface area (Å²) in [6.45, 7) is 7.66. The Bertz CT molecular complexity index is 348. The second-order valence-corrected chi connectivity index (χ2v) is 4.77. The lowest BCUT2D eigenvalue weighted by molar-refractivity contribution is 0.212. The Morgan fingerprint density at radius 1 is 1.18 bits per heavy atom. The Balaban J connectivity index is 2.69. The van der Waals surface area contributed by atoms with E-state index in [0.717, 1.165) is 18.0 Å². The molecule has 1 rings (SSSR count). The van der Waals surface area contributed by atoms with Crippen LogP contribution in [0.3, 0.4) is 0 Å². The van der Waals surface area contributed by atoms with Gasteiger partial charge in [0, 0.05) is 6.54 Å². The maximum absolute atomic E-state index is 5.76. The van der Waals surface area contributed by atoms with Crippen LogP contribution in [0.4, 0.5) is 0 Å². The lowest BCUT2D eigenvalue weighted by Crippen LogP contribution is -2.19. The fourth-order valence-corrected chi connectivity index (χ4v) is 1.42. The number of nitrogens with zero attached hydrogens (tertiary/aromatic N) is 1. The molecule has 0 saturated heterocycles. The molecule has 3 heteroatoms. The number of hydrogen-bond donors (Lipinski definition) is 0. The van der Waals surface area contributed by atoms with Crippen molar-refractivity contribution in [3.63, 3.8) is 0 Å². The van der Waals surface area contributed by atoms with Gasteiger partial charge in [-0.1, -0.05) is 6.07 Å². The molecule has 3 nitrogen and oxygen atoms in total. The molecule has 0 atom stereocenters. The first kappa shape index (κ1) is 13.8. The quantitative estimate of drug-likeness (QED) is 0.759. The van der Waals surface area contributed by atoms with Crippen molar-refractivity contribution in [3.05, 3.63) is 23.8 Å². The van der Waals surface area contributed by atoms with Gasteiger partial charge in [-0.2, -0.15) is 0 Å². The Kier molecular flexibility index (Phi) is 5.29. The van der Waals surface area contributed by atoms with Crippen LogP contribution in [0, 0.1) is 6.92 Å². The van der Waals surface area contributed by atoms with Gasteiger partial charge in [-0.15, -0.1) is 0 Å². The molecule has 96 valence electrons. The predicted octanol–water partition coefficient (Wildman–Crippen LogP) is 2.72. The third-order valence-corrected chi connectivity index (χ3v) is 2.26. The average Bonchev–Trinajstić information content (AvgIpc) is 2.21. The number of benzene rings is 1. The minimum atomic E-state index is 0.161. The fourth-order valence-electron chi connectivity index (χ4n) is 1.42. The molecule has 0 aliphatic heterocycles. The third-order valence-electron chi connectivity index (χ3n) is 2.26. The molecular formula is C14H23NO2. The standard InChI is InChI=1S/C14H23NO2/c1-11(2)17-13-7-6-12(3)10-14(13)16-9-8-15(4)5/h6-7,10-11H,8-9H2,1-5H3. The van der Waals surface area contributed by atoms with E-state index in [4.69, 9.17) is 9.47 Å². The number of likely N-dealkylation sites (N-methyl/N-ethyl adjacent to an activating group) is 1. The zero-order valence-corrected chi connectivity index (χ0v) is 11.5. The van der Waals surface area contributed by atoms with Gasteiger partial charge in [0.2, 0.25) is 0 Å². The topological polar surface area (TPSA) is 21.7 Å². The molecule has 0 radical (unpaired) electrons. The molecule has 0 aromatic heterocycles. The summed E-state index contributed by atoms with van der Waals surface area (Å²) in [5, 5.41) is 0. The molecule has 17 heavy (non-hydrogen) atoms. The third kappa shape index (κ3) is 5.09. The van der Waals surface area contributed by atoms with Crippen molar-refractivity contribution in [1.29, 1.82) is 0 Å². The van der Waals surface area contributed by atoms with E-state index in [1.807, 2.05) is 46.1 Å². The Morgan fingerprint density at radius 3 is 2.47 bits per heavy atom. The molecular weight excluding hydrogens is 214 g/mol. The lowest BCUT2D eigenvalue weighted by Gasteiger charge is -2.16. The summed E-state index contributed by atoms with van der Waals surface area (Å²) in [7, 11) is 4.07. The molecule has 0 amide bonds. The van der Waals surface area contributed by atoms with E-state index in [9.17, 15) is 0 Å². The van der Waals surface area contributed by atoms with Gasteiger partial charge in [0.25, 0.3) is 0 Å². The second-order valence-electron chi connectivity index (χ2n) is 4.77. The molecule has 0 spiro atoms. The van der Waals surface area contributed by atoms with Crippen molar-refractivity contribution in [2.75, 3.05) is 27.2 Å². The van der Waals surface area contributed by atoms with Crippen molar-refractivity contribution in [3.8, 4) is 11.5 Å². The first-order valence-electron chi connectivity index (χ1n) is 6.04. The minimum Gasteiger partial charge on any atom is -0.488 e. The van der Waals surface area contributed by atoms with Crippen LogP contribution in [0.25, 0.3) is 0 Å². The highest BCUT2D eigenvalue weighted by Gasteiger charge is 2.07. The molecule has 0 N–H and O–H groups in total. The van der Waals surface area contributed by atoms with E-state index in [2.05, 4.69) is 11.8 Å². The van der Waals surface area contributed by atoms with Crippen LogP contribution < -0.4 is 9.47 Å². The molecule has 0 aliphatic rings. The summed E-state index contributed by atoms with van der Waals surface area (Å²) in [5.74, 6) is 1.66. The van der Waals surface area contributed by atoms with Crippen LogP contribution >= 0.6 is 0 Å². The van der Waals surface area contributed by atoms with E-state index in [0.29, 0.717) is 6.61 Å². The van der Waals surface area contributed by atoms with E-state index in [1.165, 1.54) is 5.56 Å². The Labute approximate surface area is 104 Å². The van der Waals surface area contributed by atoms with Crippen molar-refractivity contribution in [1.82, 2.24) is 4.90 Å². The van der Waals surface area contributed by atoms with Gasteiger partial charge in [0.1, 0.15) is 6.61 Å². The van der Waals surface area contributed by atoms with Crippen LogP contribution in [0.1, 0.15) is 19.4 Å². The van der Waals surface area contributed by atoms with E-state index < -0.39 is 0 Å². The van der Waals surface area contributed by atoms with Crippen molar-refractivity contribution in [2.45, 2.75) is 26.9 Å². The van der Waals surface area contributed by atoms with Gasteiger partial charge in [0.15, 0.2) is 11.5 Å². The lowest BCUT2D eigenvalue weighted by atomic mass is 10.2. The Morgan fingerprint density at radius 2 is 1.88 bits per heavy atom. The van der Waals surface area contributed by atoms with E-state index >= 15 is 0 Å². The zero-order valence-electron chi connectivity index (χ0n) is 11.5. The highest BCUT2D eigenvalue weighted by molar-refractivity contribution is 5.42. The SMILES string of the molecule is Cc1ccc(OC(C)C)c(OCCN(C)C)c1. The average molecular weight is 237 g/mol. The molecule has 0 aliphatic carbocycles. The minimum absolute atomic E-state index is 0.161. The Hall–Kier alpha value is -1.22. The number of rotatable bonds is 6. The van der Waals surface area contributed by atoms with Crippen molar-refractivity contribution in [2.24, 2.45) is 0 Å². The summed E-state index contributed by atoms with van der Waals surface area (Å²) in [6.07, 6.45) is 0.161. The second kappa shape index (κ2) is 6.50. The van der Waals surface area contributed by atoms with Gasteiger partial charge < -0.3 is 14.4 Å². The molecule has 0 heterocycles. The van der Waals surface area contributed by atoms with Crippen LogP contribution in [-0.2, 0) is 0 Å². The summed E-state index contributed by atoms with van der Waals surface area (Å²) >= 11 is 0. The van der Waals surface area contributed by atoms with Crippen LogP contribution in [0.5, 0.6) is 11.5 Å². The smallest absolute Gasteiger partial charge is 0.161 e. The first-order chi connectivity index (χ1) is 7.99. The van der Waals surface area contributed by atoms with Crippen LogP contribution in [0.2, 0.25) is 0 Å². The molecule has 1 aromatic rings. The van der Waals surface area contributed by atoms with Gasteiger partial charge in [-0.05, 0) is 52.6 Å². The monoisotopic (exact) mass is 237 g/mol. The zero-order chi connectivity index (χ0) is 12.8. The van der Waals surface area contributed by atoms with Gasteiger partial charge >= 0.3 is 0 Å². The van der Waals surface area contributed by atoms with Gasteiger partial charge in [0.05, 0.1) is 6.10 Å². The fraction of sp³-hybridized carbons (Fsp3) is 0.571. The van der Waals surface area contributed by atoms with Crippen molar-refractivity contribution < 1.29 is 9.47 Å². The molecule has 0 unspecified atom stereocenters. The van der Waals surface area contributed by atoms with E-state index in [1.54, 1.807) is 0 Å². The molecule has 0 saturated carbocycles. The van der Waals surface area contributed by atoms with Gasteiger partial charge in [-0.3, -0.25) is 0 Å². The largest absolute Gasteiger partial charge is 0.488 e. The highest BCUT2D eigenvalue weighted by Crippen LogP contribution is 2.29. The summed E-state index contributed by atoms with van der Waals surface area (Å²) in [5.41, 5.74) is 1.18. The number of ether oxygens (including phenoxy) is 2. The molecule has 0 fully saturated rings. The summed E-state index contributed by atoms with van der Waals surface area (Å²) < 4.78 is 11.5. The van der Waals surface area contributed by atoms with Gasteiger partial charge in [-0.25, -0.2) is 0 Å². The normalized spacial score (nSPS) is 11.0.